The third kappa shape index (κ3) is 2.95. The summed E-state index contributed by atoms with van der Waals surface area (Å²) in [5.74, 6) is -3.73. The van der Waals surface area contributed by atoms with E-state index in [4.69, 9.17) is 5.11 Å². The van der Waals surface area contributed by atoms with Crippen molar-refractivity contribution < 1.29 is 23.1 Å². The number of halogens is 3. The summed E-state index contributed by atoms with van der Waals surface area (Å²) in [5, 5.41) is 11.4. The number of hydrogen-bond acceptors (Lipinski definition) is 3. The Morgan fingerprint density at radius 3 is 2.39 bits per heavy atom. The van der Waals surface area contributed by atoms with Crippen LogP contribution in [0.3, 0.4) is 0 Å². The summed E-state index contributed by atoms with van der Waals surface area (Å²) in [6.07, 6.45) is -2.71. The smallest absolute Gasteiger partial charge is 0.403 e. The maximum absolute atomic E-state index is 12.5. The van der Waals surface area contributed by atoms with Crippen LogP contribution in [-0.4, -0.2) is 54.4 Å². The van der Waals surface area contributed by atoms with Gasteiger partial charge in [0.1, 0.15) is 0 Å². The Hall–Kier alpha value is -0.820. The minimum Gasteiger partial charge on any atom is -0.481 e. The molecule has 0 amide bonds. The van der Waals surface area contributed by atoms with E-state index in [9.17, 15) is 18.0 Å². The zero-order chi connectivity index (χ0) is 13.3. The second kappa shape index (κ2) is 5.05. The molecule has 0 spiro atoms. The molecule has 3 rings (SSSR count). The second-order valence-corrected chi connectivity index (χ2v) is 5.09. The Kier molecular flexibility index (Phi) is 3.82. The minimum absolute atomic E-state index is 0.00306. The molecule has 0 aliphatic carbocycles. The Morgan fingerprint density at radius 2 is 2.00 bits per heavy atom. The van der Waals surface area contributed by atoms with Gasteiger partial charge in [-0.3, -0.25) is 4.79 Å². The maximum atomic E-state index is 12.5. The van der Waals surface area contributed by atoms with Crippen molar-refractivity contribution in [3.05, 3.63) is 0 Å². The molecule has 0 radical (unpaired) electrons. The summed E-state index contributed by atoms with van der Waals surface area (Å²) in [7, 11) is 0. The summed E-state index contributed by atoms with van der Waals surface area (Å²) in [5.41, 5.74) is 0. The molecule has 3 aliphatic heterocycles. The van der Waals surface area contributed by atoms with Crippen LogP contribution >= 0.6 is 0 Å². The fourth-order valence-electron chi connectivity index (χ4n) is 2.81. The van der Waals surface area contributed by atoms with Crippen LogP contribution in [0.2, 0.25) is 0 Å². The highest BCUT2D eigenvalue weighted by atomic mass is 19.4. The lowest BCUT2D eigenvalue weighted by Gasteiger charge is -2.45. The number of aliphatic carboxylic acids is 1. The standard InChI is InChI=1S/C11H17F3N2O2/c12-11(13,14)8(10(17)18)5-15-9-6-16-3-1-7(9)2-4-16/h7-9,15H,1-6H2,(H,17,18). The van der Waals surface area contributed by atoms with E-state index >= 15 is 0 Å². The molecule has 0 aromatic heterocycles. The number of carboxylic acids is 1. The Morgan fingerprint density at radius 1 is 1.39 bits per heavy atom. The summed E-state index contributed by atoms with van der Waals surface area (Å²) < 4.78 is 37.4. The van der Waals surface area contributed by atoms with Gasteiger partial charge in [0.15, 0.2) is 5.92 Å². The summed E-state index contributed by atoms with van der Waals surface area (Å²) >= 11 is 0. The minimum atomic E-state index is -4.69. The number of carboxylic acid groups (broad SMARTS) is 1. The van der Waals surface area contributed by atoms with Crippen molar-refractivity contribution in [2.75, 3.05) is 26.2 Å². The average Bonchev–Trinajstić information content (AvgIpc) is 2.28. The first-order valence-corrected chi connectivity index (χ1v) is 6.13. The van der Waals surface area contributed by atoms with Crippen molar-refractivity contribution in [2.45, 2.75) is 25.1 Å². The maximum Gasteiger partial charge on any atom is 0.403 e. The van der Waals surface area contributed by atoms with Crippen LogP contribution in [0, 0.1) is 11.8 Å². The summed E-state index contributed by atoms with van der Waals surface area (Å²) in [6.45, 7) is 2.21. The molecule has 4 nitrogen and oxygen atoms in total. The van der Waals surface area contributed by atoms with Gasteiger partial charge in [0.05, 0.1) is 0 Å². The van der Waals surface area contributed by atoms with Gasteiger partial charge < -0.3 is 15.3 Å². The van der Waals surface area contributed by atoms with E-state index in [2.05, 4.69) is 10.2 Å². The van der Waals surface area contributed by atoms with Gasteiger partial charge in [0.25, 0.3) is 0 Å². The monoisotopic (exact) mass is 266 g/mol. The number of fused-ring (bicyclic) bond motifs is 3. The van der Waals surface area contributed by atoms with Crippen LogP contribution in [0.25, 0.3) is 0 Å². The molecule has 2 N–H and O–H groups in total. The van der Waals surface area contributed by atoms with Crippen LogP contribution in [0.5, 0.6) is 0 Å². The van der Waals surface area contributed by atoms with E-state index < -0.39 is 24.6 Å². The number of nitrogens with one attached hydrogen (secondary N) is 1. The van der Waals surface area contributed by atoms with E-state index in [0.717, 1.165) is 32.5 Å². The lowest BCUT2D eigenvalue weighted by molar-refractivity contribution is -0.193. The van der Waals surface area contributed by atoms with Crippen molar-refractivity contribution in [1.82, 2.24) is 10.2 Å². The Balaban J connectivity index is 1.88. The average molecular weight is 266 g/mol. The van der Waals surface area contributed by atoms with E-state index in [0.29, 0.717) is 5.92 Å². The third-order valence-electron chi connectivity index (χ3n) is 3.93. The van der Waals surface area contributed by atoms with Gasteiger partial charge in [0, 0.05) is 19.1 Å². The first-order chi connectivity index (χ1) is 8.38. The van der Waals surface area contributed by atoms with E-state index in [-0.39, 0.29) is 6.04 Å². The number of nitrogens with zero attached hydrogens (tertiary/aromatic N) is 1. The molecular weight excluding hydrogens is 249 g/mol. The Bertz CT molecular complexity index is 314. The highest BCUT2D eigenvalue weighted by molar-refractivity contribution is 5.71. The van der Waals surface area contributed by atoms with Gasteiger partial charge in [-0.25, -0.2) is 0 Å². The zero-order valence-electron chi connectivity index (χ0n) is 9.91. The number of rotatable bonds is 4. The van der Waals surface area contributed by atoms with Gasteiger partial charge in [-0.05, 0) is 31.8 Å². The normalized spacial score (nSPS) is 33.4. The fraction of sp³-hybridized carbons (Fsp3) is 0.909. The van der Waals surface area contributed by atoms with Gasteiger partial charge in [-0.2, -0.15) is 13.2 Å². The lowest BCUT2D eigenvalue weighted by Crippen LogP contribution is -2.57. The largest absolute Gasteiger partial charge is 0.481 e. The van der Waals surface area contributed by atoms with Crippen LogP contribution in [0.15, 0.2) is 0 Å². The molecule has 18 heavy (non-hydrogen) atoms. The molecule has 3 fully saturated rings. The highest BCUT2D eigenvalue weighted by Crippen LogP contribution is 2.29. The van der Waals surface area contributed by atoms with Crippen molar-refractivity contribution >= 4 is 5.97 Å². The predicted octanol–water partition coefficient (Wildman–Crippen LogP) is 0.933. The Labute approximate surface area is 103 Å². The summed E-state index contributed by atoms with van der Waals surface area (Å²) in [4.78, 5) is 12.8. The molecule has 0 aromatic rings. The molecule has 3 saturated heterocycles. The first kappa shape index (κ1) is 13.6. The zero-order valence-corrected chi connectivity index (χ0v) is 9.91. The van der Waals surface area contributed by atoms with Crippen LogP contribution < -0.4 is 5.32 Å². The van der Waals surface area contributed by atoms with Crippen molar-refractivity contribution in [3.63, 3.8) is 0 Å². The molecule has 2 atom stereocenters. The predicted molar refractivity (Wildman–Crippen MR) is 58.1 cm³/mol. The topological polar surface area (TPSA) is 52.6 Å². The number of carbonyl (C=O) groups is 1. The fourth-order valence-corrected chi connectivity index (χ4v) is 2.81. The first-order valence-electron chi connectivity index (χ1n) is 6.13. The molecule has 104 valence electrons. The van der Waals surface area contributed by atoms with E-state index in [1.54, 1.807) is 0 Å². The molecule has 7 heteroatoms. The molecule has 3 heterocycles. The number of hydrogen-bond donors (Lipinski definition) is 2. The summed E-state index contributed by atoms with van der Waals surface area (Å²) in [6, 6.07) is -0.00306. The van der Waals surface area contributed by atoms with Gasteiger partial charge in [0.2, 0.25) is 0 Å². The highest BCUT2D eigenvalue weighted by Gasteiger charge is 2.45. The molecule has 2 unspecified atom stereocenters. The van der Waals surface area contributed by atoms with Gasteiger partial charge >= 0.3 is 12.1 Å². The number of alkyl halides is 3. The molecule has 3 aliphatic rings. The third-order valence-corrected chi connectivity index (χ3v) is 3.93. The molecule has 0 aromatic carbocycles. The van der Waals surface area contributed by atoms with Gasteiger partial charge in [-0.1, -0.05) is 0 Å². The van der Waals surface area contributed by atoms with Crippen LogP contribution in [-0.2, 0) is 4.79 Å². The molecule has 0 saturated carbocycles. The quantitative estimate of drug-likeness (QED) is 0.795. The second-order valence-electron chi connectivity index (χ2n) is 5.09. The lowest BCUT2D eigenvalue weighted by atomic mass is 9.84. The number of piperidine rings is 3. The van der Waals surface area contributed by atoms with E-state index in [1.165, 1.54) is 0 Å². The van der Waals surface area contributed by atoms with Crippen molar-refractivity contribution in [2.24, 2.45) is 11.8 Å². The van der Waals surface area contributed by atoms with Crippen molar-refractivity contribution in [1.29, 1.82) is 0 Å². The van der Waals surface area contributed by atoms with Crippen molar-refractivity contribution in [3.8, 4) is 0 Å². The van der Waals surface area contributed by atoms with Crippen LogP contribution in [0.1, 0.15) is 12.8 Å². The SMILES string of the molecule is O=C(O)C(CNC1CN2CCC1CC2)C(F)(F)F. The van der Waals surface area contributed by atoms with Crippen LogP contribution in [0.4, 0.5) is 13.2 Å². The van der Waals surface area contributed by atoms with Gasteiger partial charge in [-0.15, -0.1) is 0 Å². The van der Waals surface area contributed by atoms with E-state index in [1.807, 2.05) is 0 Å². The molecular formula is C11H17F3N2O2. The molecule has 2 bridgehead atoms.